The number of hydrogen-bond donors (Lipinski definition) is 3. The van der Waals surface area contributed by atoms with Crippen LogP contribution >= 0.6 is 12.2 Å². The van der Waals surface area contributed by atoms with E-state index in [2.05, 4.69) is 24.1 Å². The van der Waals surface area contributed by atoms with Crippen molar-refractivity contribution in [3.63, 3.8) is 0 Å². The summed E-state index contributed by atoms with van der Waals surface area (Å²) in [6.45, 7) is 9.35. The van der Waals surface area contributed by atoms with E-state index in [1.54, 1.807) is 4.90 Å². The van der Waals surface area contributed by atoms with Crippen LogP contribution in [-0.2, 0) is 6.54 Å². The van der Waals surface area contributed by atoms with Crippen LogP contribution in [0.1, 0.15) is 66.2 Å². The van der Waals surface area contributed by atoms with Crippen molar-refractivity contribution in [2.24, 2.45) is 11.8 Å². The minimum atomic E-state index is -0.487. The molecule has 1 aliphatic rings. The highest BCUT2D eigenvalue weighted by molar-refractivity contribution is 7.80. The minimum Gasteiger partial charge on any atom is -0.383 e. The first-order chi connectivity index (χ1) is 13.3. The second-order valence-corrected chi connectivity index (χ2v) is 8.71. The SMILES string of the molecule is CCCCN(C(=S)N[C@@H]1CCCC[C@H]1C)c1c(N)n(CC(C)C)c(=O)[nH]c1=O. The number of thiocarbonyl (C=S) groups is 1. The molecule has 1 fully saturated rings. The fraction of sp³-hybridized carbons (Fsp3) is 0.750. The highest BCUT2D eigenvalue weighted by atomic mass is 32.1. The van der Waals surface area contributed by atoms with Gasteiger partial charge in [0.05, 0.1) is 0 Å². The fourth-order valence-corrected chi connectivity index (χ4v) is 4.12. The Morgan fingerprint density at radius 2 is 2.04 bits per heavy atom. The maximum absolute atomic E-state index is 12.7. The summed E-state index contributed by atoms with van der Waals surface area (Å²) < 4.78 is 1.44. The van der Waals surface area contributed by atoms with Gasteiger partial charge in [-0.1, -0.05) is 47.0 Å². The lowest BCUT2D eigenvalue weighted by Gasteiger charge is -2.34. The average Bonchev–Trinajstić information content (AvgIpc) is 2.63. The Bertz CT molecular complexity index is 786. The monoisotopic (exact) mass is 409 g/mol. The summed E-state index contributed by atoms with van der Waals surface area (Å²) in [5.41, 5.74) is 5.63. The Balaban J connectivity index is 2.40. The second kappa shape index (κ2) is 10.1. The van der Waals surface area contributed by atoms with E-state index < -0.39 is 11.2 Å². The summed E-state index contributed by atoms with van der Waals surface area (Å²) in [4.78, 5) is 29.2. The molecular weight excluding hydrogens is 374 g/mol. The van der Waals surface area contributed by atoms with E-state index in [1.165, 1.54) is 23.8 Å². The molecule has 0 spiro atoms. The van der Waals surface area contributed by atoms with Crippen LogP contribution < -0.4 is 27.2 Å². The van der Waals surface area contributed by atoms with E-state index in [4.69, 9.17) is 18.0 Å². The zero-order valence-corrected chi connectivity index (χ0v) is 18.4. The van der Waals surface area contributed by atoms with E-state index in [0.29, 0.717) is 30.2 Å². The third kappa shape index (κ3) is 5.37. The largest absolute Gasteiger partial charge is 0.383 e. The van der Waals surface area contributed by atoms with Gasteiger partial charge in [0.2, 0.25) is 0 Å². The molecule has 158 valence electrons. The van der Waals surface area contributed by atoms with Crippen LogP contribution in [0.15, 0.2) is 9.59 Å². The molecule has 0 aliphatic heterocycles. The van der Waals surface area contributed by atoms with Gasteiger partial charge in [-0.3, -0.25) is 14.3 Å². The molecule has 7 nitrogen and oxygen atoms in total. The van der Waals surface area contributed by atoms with Gasteiger partial charge in [0.25, 0.3) is 5.56 Å². The van der Waals surface area contributed by atoms with Crippen LogP contribution in [0.25, 0.3) is 0 Å². The van der Waals surface area contributed by atoms with Crippen molar-refractivity contribution < 1.29 is 0 Å². The van der Waals surface area contributed by atoms with Gasteiger partial charge in [-0.05, 0) is 43.3 Å². The van der Waals surface area contributed by atoms with Gasteiger partial charge in [-0.25, -0.2) is 4.79 Å². The maximum atomic E-state index is 12.7. The zero-order valence-electron chi connectivity index (χ0n) is 17.6. The molecule has 0 aromatic carbocycles. The molecule has 0 amide bonds. The summed E-state index contributed by atoms with van der Waals surface area (Å²) in [6.07, 6.45) is 6.51. The van der Waals surface area contributed by atoms with Gasteiger partial charge in [0, 0.05) is 19.1 Å². The molecule has 4 N–H and O–H groups in total. The van der Waals surface area contributed by atoms with Crippen molar-refractivity contribution in [3.05, 3.63) is 20.8 Å². The lowest BCUT2D eigenvalue weighted by molar-refractivity contribution is 0.309. The smallest absolute Gasteiger partial charge is 0.330 e. The minimum absolute atomic E-state index is 0.180. The van der Waals surface area contributed by atoms with Gasteiger partial charge < -0.3 is 16.0 Å². The molecule has 1 heterocycles. The number of nitrogens with zero attached hydrogens (tertiary/aromatic N) is 2. The van der Waals surface area contributed by atoms with Crippen molar-refractivity contribution in [1.29, 1.82) is 0 Å². The second-order valence-electron chi connectivity index (χ2n) is 8.32. The number of rotatable bonds is 7. The molecular formula is C20H35N5O2S. The molecule has 1 aromatic heterocycles. The molecule has 0 saturated heterocycles. The highest BCUT2D eigenvalue weighted by Gasteiger charge is 2.26. The summed E-state index contributed by atoms with van der Waals surface area (Å²) in [6, 6.07) is 0.298. The van der Waals surface area contributed by atoms with Gasteiger partial charge >= 0.3 is 5.69 Å². The Labute approximate surface area is 172 Å². The van der Waals surface area contributed by atoms with E-state index in [9.17, 15) is 9.59 Å². The van der Waals surface area contributed by atoms with Gasteiger partial charge in [0.15, 0.2) is 10.8 Å². The Morgan fingerprint density at radius 3 is 2.64 bits per heavy atom. The number of aromatic nitrogens is 2. The molecule has 2 atom stereocenters. The predicted molar refractivity (Wildman–Crippen MR) is 120 cm³/mol. The quantitative estimate of drug-likeness (QED) is 0.599. The summed E-state index contributed by atoms with van der Waals surface area (Å²) in [5, 5.41) is 3.98. The van der Waals surface area contributed by atoms with Crippen molar-refractivity contribution in [1.82, 2.24) is 14.9 Å². The van der Waals surface area contributed by atoms with Crippen molar-refractivity contribution in [2.75, 3.05) is 17.2 Å². The van der Waals surface area contributed by atoms with Gasteiger partial charge in [-0.15, -0.1) is 0 Å². The van der Waals surface area contributed by atoms with Crippen LogP contribution in [0, 0.1) is 11.8 Å². The van der Waals surface area contributed by atoms with Crippen molar-refractivity contribution >= 4 is 28.8 Å². The Kier molecular flexibility index (Phi) is 8.10. The van der Waals surface area contributed by atoms with E-state index >= 15 is 0 Å². The van der Waals surface area contributed by atoms with Crippen LogP contribution in [0.2, 0.25) is 0 Å². The lowest BCUT2D eigenvalue weighted by Crippen LogP contribution is -2.50. The molecule has 1 aromatic rings. The third-order valence-electron chi connectivity index (χ3n) is 5.43. The van der Waals surface area contributed by atoms with E-state index in [0.717, 1.165) is 19.3 Å². The number of anilines is 2. The summed E-state index contributed by atoms with van der Waals surface area (Å²) in [5.74, 6) is 0.931. The molecule has 0 bridgehead atoms. The number of nitrogens with two attached hydrogens (primary N) is 1. The average molecular weight is 410 g/mol. The van der Waals surface area contributed by atoms with Crippen LogP contribution in [0.4, 0.5) is 11.5 Å². The predicted octanol–water partition coefficient (Wildman–Crippen LogP) is 2.83. The van der Waals surface area contributed by atoms with Crippen LogP contribution in [0.3, 0.4) is 0 Å². The molecule has 1 saturated carbocycles. The zero-order chi connectivity index (χ0) is 20.8. The van der Waals surface area contributed by atoms with E-state index in [-0.39, 0.29) is 17.4 Å². The molecule has 1 aliphatic carbocycles. The topological polar surface area (TPSA) is 96.2 Å². The standard InChI is InChI=1S/C20H35N5O2S/c1-5-6-11-24(20(28)22-15-10-8-7-9-14(15)4)16-17(21)25(12-13(2)3)19(27)23-18(16)26/h13-15H,5-12,21H2,1-4H3,(H,22,28)(H,23,26,27)/t14-,15-/m1/s1. The number of unbranched alkanes of at least 4 members (excludes halogenated alkanes) is 1. The number of nitrogens with one attached hydrogen (secondary N) is 2. The Hall–Kier alpha value is -1.83. The highest BCUT2D eigenvalue weighted by Crippen LogP contribution is 2.25. The first kappa shape index (κ1) is 22.5. The first-order valence-corrected chi connectivity index (χ1v) is 10.9. The summed E-state index contributed by atoms with van der Waals surface area (Å²) >= 11 is 5.71. The van der Waals surface area contributed by atoms with Gasteiger partial charge in [-0.2, -0.15) is 0 Å². The molecule has 0 unspecified atom stereocenters. The molecule has 8 heteroatoms. The number of aromatic amines is 1. The molecule has 0 radical (unpaired) electrons. The third-order valence-corrected chi connectivity index (χ3v) is 5.77. The Morgan fingerprint density at radius 1 is 1.36 bits per heavy atom. The first-order valence-electron chi connectivity index (χ1n) is 10.5. The van der Waals surface area contributed by atoms with Crippen molar-refractivity contribution in [3.8, 4) is 0 Å². The number of nitrogen functional groups attached to an aromatic ring is 1. The maximum Gasteiger partial charge on any atom is 0.330 e. The molecule has 28 heavy (non-hydrogen) atoms. The lowest BCUT2D eigenvalue weighted by atomic mass is 9.86. The normalized spacial score (nSPS) is 19.6. The summed E-state index contributed by atoms with van der Waals surface area (Å²) in [7, 11) is 0. The van der Waals surface area contributed by atoms with Crippen molar-refractivity contribution in [2.45, 2.75) is 78.8 Å². The number of hydrogen-bond acceptors (Lipinski definition) is 4. The van der Waals surface area contributed by atoms with Crippen LogP contribution in [0.5, 0.6) is 0 Å². The van der Waals surface area contributed by atoms with Gasteiger partial charge in [0.1, 0.15) is 5.82 Å². The molecule has 2 rings (SSSR count). The number of H-pyrrole nitrogens is 1. The van der Waals surface area contributed by atoms with E-state index in [1.807, 2.05) is 13.8 Å². The fourth-order valence-electron chi connectivity index (χ4n) is 3.78. The van der Waals surface area contributed by atoms with Crippen LogP contribution in [-0.4, -0.2) is 27.3 Å².